The number of oxime groups is 1. The molecule has 1 fully saturated rings. The molecule has 2 aliphatic rings. The van der Waals surface area contributed by atoms with Crippen LogP contribution in [0.25, 0.3) is 0 Å². The van der Waals surface area contributed by atoms with Crippen molar-refractivity contribution in [3.8, 4) is 0 Å². The van der Waals surface area contributed by atoms with Crippen molar-refractivity contribution < 1.29 is 38.3 Å². The molecule has 0 radical (unpaired) electrons. The number of rotatable bonds is 12. The second kappa shape index (κ2) is 17.0. The molecule has 3 aromatic rings. The van der Waals surface area contributed by atoms with Crippen molar-refractivity contribution in [1.29, 1.82) is 0 Å². The molecule has 15 nitrogen and oxygen atoms in total. The Hall–Kier alpha value is -5.33. The highest BCUT2D eigenvalue weighted by Crippen LogP contribution is 2.42. The zero-order valence-electron chi connectivity index (χ0n) is 29.1. The third-order valence-corrected chi connectivity index (χ3v) is 10.0. The zero-order chi connectivity index (χ0) is 38.3. The van der Waals surface area contributed by atoms with Crippen molar-refractivity contribution >= 4 is 80.9 Å². The van der Waals surface area contributed by atoms with E-state index in [1.807, 2.05) is 60.7 Å². The van der Waals surface area contributed by atoms with Crippen LogP contribution < -0.4 is 21.7 Å². The average Bonchev–Trinajstić information content (AvgIpc) is 3.58. The molecule has 53 heavy (non-hydrogen) atoms. The van der Waals surface area contributed by atoms with Gasteiger partial charge in [0.1, 0.15) is 35.9 Å². The normalized spacial score (nSPS) is 17.0. The molecule has 1 aromatic heterocycles. The van der Waals surface area contributed by atoms with Crippen LogP contribution in [0.3, 0.4) is 0 Å². The number of ether oxygens (including phenoxy) is 2. The number of thiazole rings is 1. The number of aromatic nitrogens is 1. The van der Waals surface area contributed by atoms with Crippen LogP contribution in [0.2, 0.25) is 0 Å². The lowest BCUT2D eigenvalue weighted by Crippen LogP contribution is -2.71. The number of thioether (sulfide) groups is 1. The number of fused-ring (bicyclic) bond motifs is 1. The molecule has 18 heteroatoms. The average molecular weight is 780 g/mol. The predicted molar refractivity (Wildman–Crippen MR) is 203 cm³/mol. The molecule has 5 amide bonds. The van der Waals surface area contributed by atoms with Crippen molar-refractivity contribution in [3.63, 3.8) is 0 Å². The third kappa shape index (κ3) is 9.57. The minimum Gasteiger partial charge on any atom is -0.469 e. The van der Waals surface area contributed by atoms with Crippen molar-refractivity contribution in [2.45, 2.75) is 50.3 Å². The summed E-state index contributed by atoms with van der Waals surface area (Å²) in [6.45, 7) is 5.21. The first-order valence-electron chi connectivity index (χ1n) is 16.2. The Morgan fingerprint density at radius 3 is 2.28 bits per heavy atom. The summed E-state index contributed by atoms with van der Waals surface area (Å²) in [7, 11) is 1.26. The summed E-state index contributed by atoms with van der Waals surface area (Å²) in [5, 5.41) is 12.7. The fourth-order valence-electron chi connectivity index (χ4n) is 5.36. The topological polar surface area (TPSA) is 204 Å². The number of carbonyl (C=O) groups excluding carboxylic acids is 5. The van der Waals surface area contributed by atoms with E-state index in [4.69, 9.17) is 32.3 Å². The Bertz CT molecular complexity index is 1910. The summed E-state index contributed by atoms with van der Waals surface area (Å²) in [6.07, 6.45) is -1.11. The predicted octanol–water partition coefficient (Wildman–Crippen LogP) is 3.62. The molecule has 0 bridgehead atoms. The van der Waals surface area contributed by atoms with E-state index < -0.39 is 52.8 Å². The fourth-order valence-corrected chi connectivity index (χ4v) is 7.77. The van der Waals surface area contributed by atoms with Gasteiger partial charge in [0.25, 0.3) is 11.8 Å². The van der Waals surface area contributed by atoms with Crippen LogP contribution >= 0.6 is 35.3 Å². The van der Waals surface area contributed by atoms with Gasteiger partial charge in [-0.15, -0.1) is 23.1 Å². The van der Waals surface area contributed by atoms with E-state index in [1.54, 1.807) is 20.8 Å². The molecular formula is C35H37N7O8S3. The van der Waals surface area contributed by atoms with Gasteiger partial charge in [0, 0.05) is 17.7 Å². The standard InChI is InChI=1S/C35H37N7O8S3/c1-35(2,3)50-34(47)40-33-38-22(18-53-33)23(41-48-4)28(44)39-24-30(46)42-25(21(17-52-31(24)42)15-16-37-29(45)27(36)43)32(51)49-26(19-11-7-5-8-12-19)20-13-9-6-10-14-20/h5-14,18,24,26,31H,15-17H2,1-4H3,(H2,36,43)(H,37,45)(H,39,44)(H,38,40,47)/b41-23-/t24?,31-/m1/s1. The summed E-state index contributed by atoms with van der Waals surface area (Å²) < 4.78 is 11.8. The van der Waals surface area contributed by atoms with Crippen LogP contribution in [-0.2, 0) is 33.5 Å². The van der Waals surface area contributed by atoms with E-state index in [0.717, 1.165) is 22.5 Å². The first-order chi connectivity index (χ1) is 25.3. The van der Waals surface area contributed by atoms with Crippen LogP contribution in [0.1, 0.15) is 50.1 Å². The van der Waals surface area contributed by atoms with Gasteiger partial charge in [0.2, 0.25) is 5.05 Å². The van der Waals surface area contributed by atoms with Gasteiger partial charge >= 0.3 is 17.9 Å². The van der Waals surface area contributed by atoms with Crippen LogP contribution in [0, 0.1) is 0 Å². The van der Waals surface area contributed by atoms with Crippen LogP contribution in [-0.4, -0.2) is 86.8 Å². The zero-order valence-corrected chi connectivity index (χ0v) is 31.6. The minimum atomic E-state index is -1.12. The first kappa shape index (κ1) is 38.9. The summed E-state index contributed by atoms with van der Waals surface area (Å²) in [4.78, 5) is 73.6. The smallest absolute Gasteiger partial charge is 0.413 e. The molecule has 1 saturated heterocycles. The minimum absolute atomic E-state index is 0.0384. The van der Waals surface area contributed by atoms with Gasteiger partial charge in [0.05, 0.1) is 5.70 Å². The molecule has 0 saturated carbocycles. The van der Waals surface area contributed by atoms with Gasteiger partial charge in [-0.2, -0.15) is 0 Å². The summed E-state index contributed by atoms with van der Waals surface area (Å²) >= 11 is 8.32. The molecule has 1 unspecified atom stereocenters. The highest BCUT2D eigenvalue weighted by atomic mass is 32.2. The Morgan fingerprint density at radius 2 is 1.70 bits per heavy atom. The number of nitrogens with zero attached hydrogens (tertiary/aromatic N) is 3. The molecule has 5 rings (SSSR count). The van der Waals surface area contributed by atoms with Gasteiger partial charge in [-0.05, 0) is 56.1 Å². The number of carbonyl (C=O) groups is 5. The van der Waals surface area contributed by atoms with Gasteiger partial charge < -0.3 is 30.7 Å². The monoisotopic (exact) mass is 779 g/mol. The van der Waals surface area contributed by atoms with Crippen molar-refractivity contribution in [2.24, 2.45) is 10.9 Å². The number of hydrogen-bond donors (Lipinski definition) is 4. The van der Waals surface area contributed by atoms with E-state index in [0.29, 0.717) is 17.0 Å². The lowest BCUT2D eigenvalue weighted by atomic mass is 10.00. The summed E-state index contributed by atoms with van der Waals surface area (Å²) in [6, 6.07) is 18.0. The maximum Gasteiger partial charge on any atom is 0.413 e. The number of primary amides is 1. The van der Waals surface area contributed by atoms with Crippen LogP contribution in [0.4, 0.5) is 9.93 Å². The first-order valence-corrected chi connectivity index (χ1v) is 18.5. The molecule has 2 aromatic carbocycles. The van der Waals surface area contributed by atoms with Crippen LogP contribution in [0.15, 0.2) is 82.5 Å². The van der Waals surface area contributed by atoms with E-state index in [2.05, 4.69) is 26.1 Å². The second-order valence-electron chi connectivity index (χ2n) is 12.6. The largest absolute Gasteiger partial charge is 0.469 e. The van der Waals surface area contributed by atoms with E-state index in [9.17, 15) is 24.0 Å². The highest BCUT2D eigenvalue weighted by molar-refractivity contribution is 8.00. The highest BCUT2D eigenvalue weighted by Gasteiger charge is 2.54. The second-order valence-corrected chi connectivity index (χ2v) is 14.9. The van der Waals surface area contributed by atoms with E-state index in [-0.39, 0.29) is 34.6 Å². The molecule has 0 aliphatic carbocycles. The molecule has 0 spiro atoms. The third-order valence-electron chi connectivity index (χ3n) is 7.65. The number of amides is 5. The molecule has 2 aliphatic heterocycles. The number of β-lactam (4-membered cyclic amide) rings is 1. The molecule has 278 valence electrons. The van der Waals surface area contributed by atoms with Crippen molar-refractivity contribution in [3.05, 3.63) is 94.1 Å². The van der Waals surface area contributed by atoms with Crippen LogP contribution in [0.5, 0.6) is 0 Å². The summed E-state index contributed by atoms with van der Waals surface area (Å²) in [5.41, 5.74) is 6.94. The Morgan fingerprint density at radius 1 is 1.06 bits per heavy atom. The van der Waals surface area contributed by atoms with Gasteiger partial charge in [-0.25, -0.2) is 9.78 Å². The molecular weight excluding hydrogens is 743 g/mol. The van der Waals surface area contributed by atoms with Gasteiger partial charge in [0.15, 0.2) is 10.8 Å². The Balaban J connectivity index is 1.37. The van der Waals surface area contributed by atoms with E-state index >= 15 is 0 Å². The SMILES string of the molecule is CO/N=C(\C(=O)NC1C(=O)N2C(C(=S)OC(c3ccccc3)c3ccccc3)=C(CCNC(=O)C(N)=O)CS[C@H]12)c1csc(NC(=O)OC(C)(C)C)n1. The number of nitrogens with two attached hydrogens (primary N) is 1. The summed E-state index contributed by atoms with van der Waals surface area (Å²) in [5.74, 6) is -2.90. The molecule has 2 atom stereocenters. The van der Waals surface area contributed by atoms with Gasteiger partial charge in [-0.3, -0.25) is 29.4 Å². The lowest BCUT2D eigenvalue weighted by Gasteiger charge is -2.50. The lowest BCUT2D eigenvalue weighted by molar-refractivity contribution is -0.144. The number of nitrogens with one attached hydrogen (secondary N) is 3. The Kier molecular flexibility index (Phi) is 12.5. The van der Waals surface area contributed by atoms with Crippen molar-refractivity contribution in [2.75, 3.05) is 24.7 Å². The van der Waals surface area contributed by atoms with Crippen molar-refractivity contribution in [1.82, 2.24) is 20.5 Å². The maximum absolute atomic E-state index is 13.9. The molecule has 5 N–H and O–H groups in total. The molecule has 3 heterocycles. The number of benzene rings is 2. The van der Waals surface area contributed by atoms with E-state index in [1.165, 1.54) is 29.2 Å². The number of thiocarbonyl (C=S) groups is 1. The fraction of sp³-hybridized carbons (Fsp3) is 0.314. The maximum atomic E-state index is 13.9. The quantitative estimate of drug-likeness (QED) is 0.0688. The van der Waals surface area contributed by atoms with Gasteiger partial charge in [-0.1, -0.05) is 65.8 Å². The number of anilines is 1. The number of hydrogen-bond acceptors (Lipinski definition) is 13. The Labute approximate surface area is 318 Å².